The second-order valence-electron chi connectivity index (χ2n) is 3.98. The van der Waals surface area contributed by atoms with Gasteiger partial charge in [0.1, 0.15) is 5.84 Å². The number of hydrogen-bond acceptors (Lipinski definition) is 3. The van der Waals surface area contributed by atoms with Crippen LogP contribution in [-0.2, 0) is 0 Å². The summed E-state index contributed by atoms with van der Waals surface area (Å²) in [6, 6.07) is 5.20. The van der Waals surface area contributed by atoms with Gasteiger partial charge in [-0.05, 0) is 24.6 Å². The van der Waals surface area contributed by atoms with E-state index in [-0.39, 0.29) is 11.7 Å². The van der Waals surface area contributed by atoms with Gasteiger partial charge >= 0.3 is 0 Å². The van der Waals surface area contributed by atoms with Crippen molar-refractivity contribution in [1.29, 1.82) is 0 Å². The Morgan fingerprint density at radius 2 is 2.22 bits per heavy atom. The van der Waals surface area contributed by atoms with Crippen molar-refractivity contribution in [2.24, 2.45) is 10.9 Å². The zero-order valence-electron chi connectivity index (χ0n) is 10.4. The van der Waals surface area contributed by atoms with Crippen LogP contribution in [0, 0.1) is 6.92 Å². The van der Waals surface area contributed by atoms with Gasteiger partial charge in [0.15, 0.2) is 0 Å². The minimum Gasteiger partial charge on any atom is -0.409 e. The van der Waals surface area contributed by atoms with Crippen molar-refractivity contribution >= 4 is 23.3 Å². The molecule has 0 fully saturated rings. The molecule has 98 valence electrons. The van der Waals surface area contributed by atoms with Gasteiger partial charge in [-0.15, -0.1) is 0 Å². The molecule has 0 atom stereocenters. The number of nitrogens with two attached hydrogens (primary N) is 1. The van der Waals surface area contributed by atoms with E-state index in [1.54, 1.807) is 32.2 Å². The normalized spacial score (nSPS) is 11.4. The van der Waals surface area contributed by atoms with Crippen molar-refractivity contribution in [2.45, 2.75) is 13.3 Å². The highest BCUT2D eigenvalue weighted by molar-refractivity contribution is 6.31. The quantitative estimate of drug-likeness (QED) is 0.379. The number of carbonyl (C=O) groups is 1. The third-order valence-corrected chi connectivity index (χ3v) is 3.09. The molecule has 0 radical (unpaired) electrons. The summed E-state index contributed by atoms with van der Waals surface area (Å²) in [7, 11) is 1.66. The molecule has 1 rings (SSSR count). The lowest BCUT2D eigenvalue weighted by molar-refractivity contribution is 0.0797. The maximum absolute atomic E-state index is 12.1. The molecule has 0 saturated heterocycles. The zero-order valence-corrected chi connectivity index (χ0v) is 11.1. The summed E-state index contributed by atoms with van der Waals surface area (Å²) in [5.74, 6) is -0.0433. The third kappa shape index (κ3) is 3.37. The Balaban J connectivity index is 2.78. The van der Waals surface area contributed by atoms with Crippen molar-refractivity contribution in [3.8, 4) is 0 Å². The number of amidine groups is 1. The molecule has 0 aliphatic rings. The Kier molecular flexibility index (Phi) is 4.97. The molecular formula is C12H16ClN3O2. The van der Waals surface area contributed by atoms with Crippen LogP contribution in [-0.4, -0.2) is 35.4 Å². The highest BCUT2D eigenvalue weighted by Crippen LogP contribution is 2.19. The monoisotopic (exact) mass is 269 g/mol. The molecule has 0 spiro atoms. The first-order valence-electron chi connectivity index (χ1n) is 5.44. The fraction of sp³-hybridized carbons (Fsp3) is 0.333. The van der Waals surface area contributed by atoms with Crippen LogP contribution in [0.25, 0.3) is 0 Å². The molecule has 0 aliphatic carbocycles. The van der Waals surface area contributed by atoms with E-state index in [1.807, 2.05) is 0 Å². The highest BCUT2D eigenvalue weighted by atomic mass is 35.5. The van der Waals surface area contributed by atoms with Crippen molar-refractivity contribution in [2.75, 3.05) is 13.6 Å². The average molecular weight is 270 g/mol. The molecule has 0 heterocycles. The van der Waals surface area contributed by atoms with Crippen LogP contribution in [0.3, 0.4) is 0 Å². The van der Waals surface area contributed by atoms with E-state index in [4.69, 9.17) is 22.5 Å². The summed E-state index contributed by atoms with van der Waals surface area (Å²) < 4.78 is 0. The van der Waals surface area contributed by atoms with Crippen LogP contribution in [0.1, 0.15) is 22.3 Å². The fourth-order valence-corrected chi connectivity index (χ4v) is 1.65. The van der Waals surface area contributed by atoms with Crippen LogP contribution in [0.4, 0.5) is 0 Å². The molecule has 6 heteroatoms. The van der Waals surface area contributed by atoms with Crippen LogP contribution in [0.2, 0.25) is 5.02 Å². The van der Waals surface area contributed by atoms with Gasteiger partial charge in [-0.25, -0.2) is 0 Å². The molecule has 0 aromatic heterocycles. The van der Waals surface area contributed by atoms with Gasteiger partial charge in [0.05, 0.1) is 0 Å². The summed E-state index contributed by atoms with van der Waals surface area (Å²) in [4.78, 5) is 13.7. The smallest absolute Gasteiger partial charge is 0.253 e. The first-order chi connectivity index (χ1) is 8.47. The lowest BCUT2D eigenvalue weighted by Gasteiger charge is -2.18. The van der Waals surface area contributed by atoms with Gasteiger partial charge in [0.25, 0.3) is 5.91 Å². The Morgan fingerprint density at radius 3 is 2.83 bits per heavy atom. The lowest BCUT2D eigenvalue weighted by Crippen LogP contribution is -2.31. The zero-order chi connectivity index (χ0) is 13.7. The molecular weight excluding hydrogens is 254 g/mol. The molecule has 18 heavy (non-hydrogen) atoms. The Bertz CT molecular complexity index is 474. The van der Waals surface area contributed by atoms with Gasteiger partial charge in [0.2, 0.25) is 0 Å². The van der Waals surface area contributed by atoms with E-state index in [9.17, 15) is 4.79 Å². The molecule has 1 aromatic rings. The minimum absolute atomic E-state index is 0.0949. The van der Waals surface area contributed by atoms with E-state index in [0.29, 0.717) is 23.6 Å². The summed E-state index contributed by atoms with van der Waals surface area (Å²) in [5, 5.41) is 11.8. The summed E-state index contributed by atoms with van der Waals surface area (Å²) in [6.07, 6.45) is 0.318. The Labute approximate surface area is 111 Å². The Morgan fingerprint density at radius 1 is 1.56 bits per heavy atom. The van der Waals surface area contributed by atoms with Crippen molar-refractivity contribution < 1.29 is 10.0 Å². The first-order valence-corrected chi connectivity index (χ1v) is 5.82. The molecule has 0 unspecified atom stereocenters. The maximum Gasteiger partial charge on any atom is 0.253 e. The second kappa shape index (κ2) is 6.26. The molecule has 1 aromatic carbocycles. The largest absolute Gasteiger partial charge is 0.409 e. The van der Waals surface area contributed by atoms with Crippen LogP contribution in [0.5, 0.6) is 0 Å². The van der Waals surface area contributed by atoms with Crippen molar-refractivity contribution in [3.63, 3.8) is 0 Å². The number of rotatable bonds is 4. The van der Waals surface area contributed by atoms with E-state index < -0.39 is 0 Å². The average Bonchev–Trinajstić information content (AvgIpc) is 2.37. The van der Waals surface area contributed by atoms with Crippen LogP contribution >= 0.6 is 11.6 Å². The number of benzene rings is 1. The number of halogens is 1. The van der Waals surface area contributed by atoms with E-state index in [2.05, 4.69) is 5.16 Å². The first kappa shape index (κ1) is 14.3. The van der Waals surface area contributed by atoms with Crippen LogP contribution < -0.4 is 5.73 Å². The van der Waals surface area contributed by atoms with Crippen molar-refractivity contribution in [3.05, 3.63) is 34.3 Å². The molecule has 1 amide bonds. The van der Waals surface area contributed by atoms with E-state index >= 15 is 0 Å². The topological polar surface area (TPSA) is 78.9 Å². The molecule has 0 aliphatic heterocycles. The summed E-state index contributed by atoms with van der Waals surface area (Å²) in [5.41, 5.74) is 6.66. The minimum atomic E-state index is -0.138. The van der Waals surface area contributed by atoms with E-state index in [1.165, 1.54) is 4.90 Å². The number of oxime groups is 1. The standard InChI is InChI=1S/C12H16ClN3O2/c1-8-9(4-3-5-10(8)13)12(17)16(2)7-6-11(14)15-18/h3-5,18H,6-7H2,1-2H3,(H2,14,15). The van der Waals surface area contributed by atoms with E-state index in [0.717, 1.165) is 5.56 Å². The molecule has 0 bridgehead atoms. The fourth-order valence-electron chi connectivity index (χ4n) is 1.48. The van der Waals surface area contributed by atoms with Gasteiger partial charge in [-0.3, -0.25) is 4.79 Å². The van der Waals surface area contributed by atoms with Gasteiger partial charge in [-0.1, -0.05) is 22.8 Å². The Hall–Kier alpha value is -1.75. The summed E-state index contributed by atoms with van der Waals surface area (Å²) >= 11 is 5.97. The highest BCUT2D eigenvalue weighted by Gasteiger charge is 2.15. The number of amides is 1. The molecule has 0 saturated carbocycles. The molecule has 5 nitrogen and oxygen atoms in total. The molecule has 3 N–H and O–H groups in total. The lowest BCUT2D eigenvalue weighted by atomic mass is 10.1. The van der Waals surface area contributed by atoms with Gasteiger partial charge in [-0.2, -0.15) is 0 Å². The number of nitrogens with zero attached hydrogens (tertiary/aromatic N) is 2. The number of hydrogen-bond donors (Lipinski definition) is 2. The summed E-state index contributed by atoms with van der Waals surface area (Å²) in [6.45, 7) is 2.17. The number of carbonyl (C=O) groups excluding carboxylic acids is 1. The predicted molar refractivity (Wildman–Crippen MR) is 71.2 cm³/mol. The predicted octanol–water partition coefficient (Wildman–Crippen LogP) is 1.86. The third-order valence-electron chi connectivity index (χ3n) is 2.68. The van der Waals surface area contributed by atoms with Gasteiger partial charge in [0, 0.05) is 30.6 Å². The van der Waals surface area contributed by atoms with Crippen LogP contribution in [0.15, 0.2) is 23.4 Å². The van der Waals surface area contributed by atoms with Gasteiger partial charge < -0.3 is 15.8 Å². The van der Waals surface area contributed by atoms with Crippen molar-refractivity contribution in [1.82, 2.24) is 4.90 Å². The SMILES string of the molecule is Cc1c(Cl)cccc1C(=O)N(C)CC/C(N)=N/O. The maximum atomic E-state index is 12.1. The second-order valence-corrected chi connectivity index (χ2v) is 4.39.